The summed E-state index contributed by atoms with van der Waals surface area (Å²) in [5, 5.41) is 0. The predicted molar refractivity (Wildman–Crippen MR) is 99.4 cm³/mol. The van der Waals surface area contributed by atoms with Gasteiger partial charge in [0.1, 0.15) is 0 Å². The van der Waals surface area contributed by atoms with Crippen LogP contribution in [0.25, 0.3) is 0 Å². The lowest BCUT2D eigenvalue weighted by molar-refractivity contribution is 0.0700. The predicted octanol–water partition coefficient (Wildman–Crippen LogP) is 3.27. The van der Waals surface area contributed by atoms with Crippen LogP contribution in [0, 0.1) is 13.8 Å². The average Bonchev–Trinajstić information content (AvgIpc) is 3.15. The van der Waals surface area contributed by atoms with Gasteiger partial charge in [-0.15, -0.1) is 0 Å². The zero-order valence-electron chi connectivity index (χ0n) is 16.0. The molecule has 0 aliphatic carbocycles. The second-order valence-electron chi connectivity index (χ2n) is 7.16. The normalized spacial score (nSPS) is 15.4. The Morgan fingerprint density at radius 1 is 1.04 bits per heavy atom. The molecule has 2 aromatic rings. The number of hydrogen-bond donors (Lipinski definition) is 0. The SMILES string of the molecule is Cc1cc(C(=O)N2CCCN(C(=O)c3ccco3)CC2)c(C)n1C(C)C. The van der Waals surface area contributed by atoms with E-state index in [-0.39, 0.29) is 11.8 Å². The van der Waals surface area contributed by atoms with Gasteiger partial charge in [-0.3, -0.25) is 9.59 Å². The first-order valence-corrected chi connectivity index (χ1v) is 9.20. The van der Waals surface area contributed by atoms with E-state index in [9.17, 15) is 9.59 Å². The second-order valence-corrected chi connectivity index (χ2v) is 7.16. The van der Waals surface area contributed by atoms with Crippen LogP contribution in [0.5, 0.6) is 0 Å². The standard InChI is InChI=1S/C20H27N3O3/c1-14(2)23-15(3)13-17(16(23)4)19(24)21-8-6-9-22(11-10-21)20(25)18-7-5-12-26-18/h5,7,12-14H,6,8-11H2,1-4H3. The molecule has 0 atom stereocenters. The smallest absolute Gasteiger partial charge is 0.289 e. The Balaban J connectivity index is 1.72. The highest BCUT2D eigenvalue weighted by Gasteiger charge is 2.26. The van der Waals surface area contributed by atoms with E-state index >= 15 is 0 Å². The fourth-order valence-corrected chi connectivity index (χ4v) is 3.84. The number of hydrogen-bond acceptors (Lipinski definition) is 3. The minimum atomic E-state index is -0.109. The summed E-state index contributed by atoms with van der Waals surface area (Å²) in [5.74, 6) is 0.296. The molecule has 0 spiro atoms. The van der Waals surface area contributed by atoms with Crippen LogP contribution in [0.1, 0.15) is 58.6 Å². The van der Waals surface area contributed by atoms with Crippen molar-refractivity contribution in [3.63, 3.8) is 0 Å². The molecule has 6 heteroatoms. The molecule has 1 aliphatic rings. The van der Waals surface area contributed by atoms with Gasteiger partial charge < -0.3 is 18.8 Å². The highest BCUT2D eigenvalue weighted by molar-refractivity contribution is 5.96. The fourth-order valence-electron chi connectivity index (χ4n) is 3.84. The minimum Gasteiger partial charge on any atom is -0.459 e. The number of carbonyl (C=O) groups is 2. The number of furan rings is 1. The fraction of sp³-hybridized carbons (Fsp3) is 0.500. The molecule has 140 valence electrons. The van der Waals surface area contributed by atoms with Gasteiger partial charge in [0.05, 0.1) is 11.8 Å². The van der Waals surface area contributed by atoms with Gasteiger partial charge in [-0.2, -0.15) is 0 Å². The molecule has 26 heavy (non-hydrogen) atoms. The van der Waals surface area contributed by atoms with Crippen LogP contribution in [0.2, 0.25) is 0 Å². The van der Waals surface area contributed by atoms with E-state index in [1.54, 1.807) is 17.0 Å². The van der Waals surface area contributed by atoms with Crippen molar-refractivity contribution in [2.45, 2.75) is 40.2 Å². The van der Waals surface area contributed by atoms with Crippen molar-refractivity contribution < 1.29 is 14.0 Å². The molecule has 0 bridgehead atoms. The molecule has 0 aromatic carbocycles. The molecule has 2 amide bonds. The number of nitrogens with zero attached hydrogens (tertiary/aromatic N) is 3. The van der Waals surface area contributed by atoms with Gasteiger partial charge in [-0.1, -0.05) is 0 Å². The van der Waals surface area contributed by atoms with Crippen molar-refractivity contribution >= 4 is 11.8 Å². The summed E-state index contributed by atoms with van der Waals surface area (Å²) in [6, 6.07) is 5.69. The van der Waals surface area contributed by atoms with E-state index in [2.05, 4.69) is 18.4 Å². The molecule has 0 unspecified atom stereocenters. The summed E-state index contributed by atoms with van der Waals surface area (Å²) < 4.78 is 7.40. The van der Waals surface area contributed by atoms with Crippen molar-refractivity contribution in [3.05, 3.63) is 47.2 Å². The van der Waals surface area contributed by atoms with E-state index < -0.39 is 0 Å². The maximum atomic E-state index is 13.1. The topological polar surface area (TPSA) is 58.7 Å². The Morgan fingerprint density at radius 2 is 1.69 bits per heavy atom. The zero-order valence-corrected chi connectivity index (χ0v) is 16.0. The highest BCUT2D eigenvalue weighted by Crippen LogP contribution is 2.22. The van der Waals surface area contributed by atoms with Gasteiger partial charge in [0.25, 0.3) is 11.8 Å². The highest BCUT2D eigenvalue weighted by atomic mass is 16.3. The quantitative estimate of drug-likeness (QED) is 0.847. The molecule has 1 aliphatic heterocycles. The molecule has 0 N–H and O–H groups in total. The van der Waals surface area contributed by atoms with Crippen molar-refractivity contribution in [2.75, 3.05) is 26.2 Å². The van der Waals surface area contributed by atoms with Crippen LogP contribution in [0.3, 0.4) is 0 Å². The lowest BCUT2D eigenvalue weighted by atomic mass is 10.2. The average molecular weight is 357 g/mol. The Morgan fingerprint density at radius 3 is 2.23 bits per heavy atom. The van der Waals surface area contributed by atoms with Gasteiger partial charge in [0.15, 0.2) is 5.76 Å². The Labute approximate surface area is 154 Å². The van der Waals surface area contributed by atoms with Crippen molar-refractivity contribution in [1.29, 1.82) is 0 Å². The van der Waals surface area contributed by atoms with Crippen LogP contribution < -0.4 is 0 Å². The minimum absolute atomic E-state index is 0.0531. The number of aromatic nitrogens is 1. The number of rotatable bonds is 3. The summed E-state index contributed by atoms with van der Waals surface area (Å²) in [6.45, 7) is 10.6. The van der Waals surface area contributed by atoms with Crippen LogP contribution in [-0.4, -0.2) is 52.4 Å². The summed E-state index contributed by atoms with van der Waals surface area (Å²) in [5.41, 5.74) is 2.88. The van der Waals surface area contributed by atoms with Crippen LogP contribution in [-0.2, 0) is 0 Å². The largest absolute Gasteiger partial charge is 0.459 e. The van der Waals surface area contributed by atoms with Crippen LogP contribution in [0.15, 0.2) is 28.9 Å². The molecule has 3 rings (SSSR count). The Kier molecular flexibility index (Phi) is 5.20. The van der Waals surface area contributed by atoms with Gasteiger partial charge in [-0.05, 0) is 52.3 Å². The van der Waals surface area contributed by atoms with E-state index in [0.717, 1.165) is 23.4 Å². The molecule has 6 nitrogen and oxygen atoms in total. The first-order valence-electron chi connectivity index (χ1n) is 9.20. The van der Waals surface area contributed by atoms with Gasteiger partial charge >= 0.3 is 0 Å². The van der Waals surface area contributed by atoms with E-state index in [0.29, 0.717) is 38.0 Å². The third-order valence-electron chi connectivity index (χ3n) is 5.03. The maximum Gasteiger partial charge on any atom is 0.289 e. The first-order chi connectivity index (χ1) is 12.4. The number of aryl methyl sites for hydroxylation is 1. The zero-order chi connectivity index (χ0) is 18.8. The third-order valence-corrected chi connectivity index (χ3v) is 5.03. The number of amides is 2. The van der Waals surface area contributed by atoms with Gasteiger partial charge in [0.2, 0.25) is 0 Å². The van der Waals surface area contributed by atoms with E-state index in [4.69, 9.17) is 4.42 Å². The summed E-state index contributed by atoms with van der Waals surface area (Å²) in [7, 11) is 0. The molecule has 3 heterocycles. The second kappa shape index (κ2) is 7.40. The third kappa shape index (κ3) is 3.41. The molecule has 0 radical (unpaired) electrons. The first kappa shape index (κ1) is 18.3. The molecule has 1 fully saturated rings. The molecule has 0 saturated carbocycles. The van der Waals surface area contributed by atoms with Crippen LogP contribution in [0.4, 0.5) is 0 Å². The monoisotopic (exact) mass is 357 g/mol. The molecular weight excluding hydrogens is 330 g/mol. The molecule has 2 aromatic heterocycles. The van der Waals surface area contributed by atoms with Crippen LogP contribution >= 0.6 is 0 Å². The summed E-state index contributed by atoms with van der Waals surface area (Å²) >= 11 is 0. The Bertz CT molecular complexity index is 790. The number of carbonyl (C=O) groups excluding carboxylic acids is 2. The van der Waals surface area contributed by atoms with Gasteiger partial charge in [-0.25, -0.2) is 0 Å². The van der Waals surface area contributed by atoms with Gasteiger partial charge in [0, 0.05) is 43.6 Å². The summed E-state index contributed by atoms with van der Waals surface area (Å²) in [6.07, 6.45) is 2.27. The molecule has 1 saturated heterocycles. The van der Waals surface area contributed by atoms with Crippen molar-refractivity contribution in [1.82, 2.24) is 14.4 Å². The summed E-state index contributed by atoms with van der Waals surface area (Å²) in [4.78, 5) is 29.2. The van der Waals surface area contributed by atoms with E-state index in [1.807, 2.05) is 24.8 Å². The Hall–Kier alpha value is -2.50. The van der Waals surface area contributed by atoms with Crippen molar-refractivity contribution in [2.24, 2.45) is 0 Å². The lowest BCUT2D eigenvalue weighted by Gasteiger charge is -2.22. The van der Waals surface area contributed by atoms with E-state index in [1.165, 1.54) is 6.26 Å². The maximum absolute atomic E-state index is 13.1. The van der Waals surface area contributed by atoms with Crippen molar-refractivity contribution in [3.8, 4) is 0 Å². The molecular formula is C20H27N3O3. The lowest BCUT2D eigenvalue weighted by Crippen LogP contribution is -2.37.